The third kappa shape index (κ3) is 0.954. The lowest BCUT2D eigenvalue weighted by Gasteiger charge is -2.04. The molecule has 0 aromatic heterocycles. The Labute approximate surface area is 80.5 Å². The first-order chi connectivity index (χ1) is 6.84. The number of benzene rings is 1. The minimum absolute atomic E-state index is 0.0487. The van der Waals surface area contributed by atoms with Crippen LogP contribution in [0, 0.1) is 0 Å². The summed E-state index contributed by atoms with van der Waals surface area (Å²) in [5.74, 6) is -0.0487. The van der Waals surface area contributed by atoms with Crippen LogP contribution < -0.4 is 10.7 Å². The molecule has 1 amide bonds. The molecule has 0 aliphatic carbocycles. The normalized spacial score (nSPS) is 17.0. The first kappa shape index (κ1) is 7.62. The van der Waals surface area contributed by atoms with Gasteiger partial charge in [0, 0.05) is 5.56 Å². The lowest BCUT2D eigenvalue weighted by molar-refractivity contribution is -0.116. The number of carbonyl (C=O) groups excluding carboxylic acids is 1. The average molecular weight is 184 g/mol. The smallest absolute Gasteiger partial charge is 0.250 e. The molecule has 2 aliphatic heterocycles. The van der Waals surface area contributed by atoms with Gasteiger partial charge in [-0.1, -0.05) is 12.2 Å². The Hall–Kier alpha value is -1.77. The molecule has 0 unspecified atom stereocenters. The first-order valence-electron chi connectivity index (χ1n) is 4.59. The van der Waals surface area contributed by atoms with Gasteiger partial charge in [-0.05, 0) is 17.7 Å². The zero-order valence-electron chi connectivity index (χ0n) is 7.53. The fourth-order valence-electron chi connectivity index (χ4n) is 1.90. The van der Waals surface area contributed by atoms with Gasteiger partial charge in [-0.25, -0.2) is 4.99 Å². The lowest BCUT2D eigenvalue weighted by atomic mass is 10.0. The Balaban J connectivity index is 2.41. The molecule has 1 aromatic rings. The van der Waals surface area contributed by atoms with Crippen LogP contribution in [-0.2, 0) is 11.2 Å². The van der Waals surface area contributed by atoms with Crippen LogP contribution in [0.25, 0.3) is 6.08 Å². The van der Waals surface area contributed by atoms with Crippen molar-refractivity contribution in [2.24, 2.45) is 9.98 Å². The minimum atomic E-state index is -0.0487. The van der Waals surface area contributed by atoms with Crippen molar-refractivity contribution in [2.45, 2.75) is 6.42 Å². The molecule has 2 aliphatic rings. The number of nitrogens with zero attached hydrogens (tertiary/aromatic N) is 2. The molecule has 0 bridgehead atoms. The number of hydrogen-bond acceptors (Lipinski definition) is 2. The van der Waals surface area contributed by atoms with E-state index in [-0.39, 0.29) is 5.91 Å². The van der Waals surface area contributed by atoms with Crippen LogP contribution in [-0.4, -0.2) is 12.5 Å². The summed E-state index contributed by atoms with van der Waals surface area (Å²) in [6.07, 6.45) is 4.47. The van der Waals surface area contributed by atoms with Crippen LogP contribution in [0.4, 0.5) is 0 Å². The Morgan fingerprint density at radius 3 is 3.00 bits per heavy atom. The van der Waals surface area contributed by atoms with E-state index < -0.39 is 0 Å². The molecule has 0 saturated heterocycles. The Morgan fingerprint density at radius 1 is 1.21 bits per heavy atom. The molecular weight excluding hydrogens is 176 g/mol. The van der Waals surface area contributed by atoms with Crippen molar-refractivity contribution in [1.29, 1.82) is 0 Å². The van der Waals surface area contributed by atoms with E-state index in [1.165, 1.54) is 0 Å². The molecule has 0 radical (unpaired) electrons. The fraction of sp³-hybridized carbons (Fsp3) is 0.182. The first-order valence-corrected chi connectivity index (χ1v) is 4.59. The predicted octanol–water partition coefficient (Wildman–Crippen LogP) is 0.0353. The molecule has 14 heavy (non-hydrogen) atoms. The Morgan fingerprint density at radius 2 is 2.07 bits per heavy atom. The van der Waals surface area contributed by atoms with E-state index >= 15 is 0 Å². The van der Waals surface area contributed by atoms with Crippen LogP contribution in [0.15, 0.2) is 28.2 Å². The van der Waals surface area contributed by atoms with Gasteiger partial charge in [0.05, 0.1) is 23.7 Å². The zero-order chi connectivity index (χ0) is 9.54. The van der Waals surface area contributed by atoms with Gasteiger partial charge in [-0.15, -0.1) is 0 Å². The summed E-state index contributed by atoms with van der Waals surface area (Å²) in [6.45, 7) is 0.733. The van der Waals surface area contributed by atoms with Gasteiger partial charge < -0.3 is 0 Å². The predicted molar refractivity (Wildman–Crippen MR) is 51.4 cm³/mol. The second kappa shape index (κ2) is 2.61. The Bertz CT molecular complexity index is 570. The van der Waals surface area contributed by atoms with Crippen molar-refractivity contribution >= 4 is 12.0 Å². The topological polar surface area (TPSA) is 41.8 Å². The Kier molecular flexibility index (Phi) is 1.42. The molecule has 0 spiro atoms. The van der Waals surface area contributed by atoms with Crippen molar-refractivity contribution < 1.29 is 4.79 Å². The van der Waals surface area contributed by atoms with E-state index in [1.54, 1.807) is 0 Å². The number of carbonyl (C=O) groups is 1. The minimum Gasteiger partial charge on any atom is -0.281 e. The number of rotatable bonds is 0. The fourth-order valence-corrected chi connectivity index (χ4v) is 1.90. The van der Waals surface area contributed by atoms with Gasteiger partial charge in [0.15, 0.2) is 0 Å². The quantitative estimate of drug-likeness (QED) is 0.561. The van der Waals surface area contributed by atoms with Crippen molar-refractivity contribution in [3.8, 4) is 0 Å². The van der Waals surface area contributed by atoms with E-state index in [0.717, 1.165) is 28.4 Å². The van der Waals surface area contributed by atoms with E-state index in [0.29, 0.717) is 6.42 Å². The molecule has 1 aromatic carbocycles. The molecule has 3 rings (SSSR count). The second-order valence-electron chi connectivity index (χ2n) is 3.42. The summed E-state index contributed by atoms with van der Waals surface area (Å²) in [5.41, 5.74) is 2.11. The lowest BCUT2D eigenvalue weighted by Crippen LogP contribution is -2.19. The van der Waals surface area contributed by atoms with Crippen LogP contribution in [0.1, 0.15) is 11.1 Å². The molecule has 0 N–H and O–H groups in total. The maximum absolute atomic E-state index is 11.2. The monoisotopic (exact) mass is 184 g/mol. The zero-order valence-corrected chi connectivity index (χ0v) is 7.53. The number of fused-ring (bicyclic) bond motifs is 3. The van der Waals surface area contributed by atoms with Gasteiger partial charge >= 0.3 is 0 Å². The molecule has 0 saturated carbocycles. The highest BCUT2D eigenvalue weighted by Gasteiger charge is 2.16. The van der Waals surface area contributed by atoms with Gasteiger partial charge in [-0.3, -0.25) is 9.79 Å². The van der Waals surface area contributed by atoms with E-state index in [9.17, 15) is 4.79 Å². The van der Waals surface area contributed by atoms with Crippen LogP contribution in [0.5, 0.6) is 0 Å². The highest BCUT2D eigenvalue weighted by atomic mass is 16.1. The molecule has 3 heteroatoms. The maximum atomic E-state index is 11.2. The second-order valence-corrected chi connectivity index (χ2v) is 3.42. The molecular formula is C11H8N2O. The molecule has 0 atom stereocenters. The van der Waals surface area contributed by atoms with E-state index in [2.05, 4.69) is 9.98 Å². The number of amides is 1. The number of hydrogen-bond donors (Lipinski definition) is 0. The van der Waals surface area contributed by atoms with Crippen molar-refractivity contribution in [1.82, 2.24) is 0 Å². The largest absolute Gasteiger partial charge is 0.281 e. The third-order valence-corrected chi connectivity index (χ3v) is 2.53. The summed E-state index contributed by atoms with van der Waals surface area (Å²) in [5, 5.41) is 1.80. The molecule has 3 nitrogen and oxygen atoms in total. The van der Waals surface area contributed by atoms with Crippen LogP contribution in [0.3, 0.4) is 0 Å². The van der Waals surface area contributed by atoms with Crippen molar-refractivity contribution in [3.63, 3.8) is 0 Å². The SMILES string of the molecule is O=C1Cc2c3c(ccc2=N1)=NCC=C3. The van der Waals surface area contributed by atoms with Gasteiger partial charge in [-0.2, -0.15) is 0 Å². The van der Waals surface area contributed by atoms with E-state index in [4.69, 9.17) is 0 Å². The van der Waals surface area contributed by atoms with Gasteiger partial charge in [0.25, 0.3) is 5.91 Å². The molecule has 0 fully saturated rings. The summed E-state index contributed by atoms with van der Waals surface area (Å²) in [4.78, 5) is 19.5. The summed E-state index contributed by atoms with van der Waals surface area (Å²) in [6, 6.07) is 3.81. The molecule has 68 valence electrons. The highest BCUT2D eigenvalue weighted by Crippen LogP contribution is 2.09. The maximum Gasteiger partial charge on any atom is 0.250 e. The van der Waals surface area contributed by atoms with Crippen LogP contribution in [0.2, 0.25) is 0 Å². The van der Waals surface area contributed by atoms with E-state index in [1.807, 2.05) is 24.3 Å². The highest BCUT2D eigenvalue weighted by molar-refractivity contribution is 5.83. The standard InChI is InChI=1S/C11H8N2O/c14-11-6-8-7-2-1-5-12-9(7)3-4-10(8)13-11/h1-4H,5-6H2. The van der Waals surface area contributed by atoms with Crippen LogP contribution >= 0.6 is 0 Å². The summed E-state index contributed by atoms with van der Waals surface area (Å²) < 4.78 is 0. The van der Waals surface area contributed by atoms with Gasteiger partial charge in [0.1, 0.15) is 0 Å². The van der Waals surface area contributed by atoms with Crippen molar-refractivity contribution in [2.75, 3.05) is 6.54 Å². The van der Waals surface area contributed by atoms with Gasteiger partial charge in [0.2, 0.25) is 0 Å². The summed E-state index contributed by atoms with van der Waals surface area (Å²) >= 11 is 0. The molecule has 2 heterocycles. The summed E-state index contributed by atoms with van der Waals surface area (Å²) in [7, 11) is 0. The third-order valence-electron chi connectivity index (χ3n) is 2.53. The van der Waals surface area contributed by atoms with Crippen molar-refractivity contribution in [3.05, 3.63) is 40.1 Å². The average Bonchev–Trinajstić information content (AvgIpc) is 2.59.